The van der Waals surface area contributed by atoms with Crippen LogP contribution in [0.2, 0.25) is 0 Å². The van der Waals surface area contributed by atoms with E-state index in [1.165, 1.54) is 17.9 Å². The van der Waals surface area contributed by atoms with Gasteiger partial charge in [-0.3, -0.25) is 9.59 Å². The molecule has 6 heteroatoms. The minimum absolute atomic E-state index is 0.173. The van der Waals surface area contributed by atoms with Crippen LogP contribution in [-0.4, -0.2) is 40.3 Å². The zero-order valence-corrected chi connectivity index (χ0v) is 14.6. The summed E-state index contributed by atoms with van der Waals surface area (Å²) < 4.78 is 6.53. The molecule has 0 bridgehead atoms. The van der Waals surface area contributed by atoms with E-state index in [1.807, 2.05) is 23.1 Å². The highest BCUT2D eigenvalue weighted by Crippen LogP contribution is 2.24. The van der Waals surface area contributed by atoms with Crippen molar-refractivity contribution in [1.82, 2.24) is 14.7 Å². The molecule has 1 aliphatic heterocycles. The summed E-state index contributed by atoms with van der Waals surface area (Å²) in [6, 6.07) is 10.6. The lowest BCUT2D eigenvalue weighted by Crippen LogP contribution is -2.44. The van der Waals surface area contributed by atoms with Gasteiger partial charge < -0.3 is 9.64 Å². The lowest BCUT2D eigenvalue weighted by molar-refractivity contribution is 0.0596. The summed E-state index contributed by atoms with van der Waals surface area (Å²) in [5, 5.41) is 4.35. The third-order valence-electron chi connectivity index (χ3n) is 4.68. The van der Waals surface area contributed by atoms with Crippen molar-refractivity contribution in [2.24, 2.45) is 0 Å². The van der Waals surface area contributed by atoms with Gasteiger partial charge in [-0.25, -0.2) is 0 Å². The van der Waals surface area contributed by atoms with Gasteiger partial charge in [-0.05, 0) is 37.8 Å². The van der Waals surface area contributed by atoms with Crippen LogP contribution in [0.1, 0.15) is 43.1 Å². The van der Waals surface area contributed by atoms with Crippen LogP contribution in [0.4, 0.5) is 0 Å². The van der Waals surface area contributed by atoms with E-state index in [1.54, 1.807) is 12.1 Å². The number of aromatic nitrogens is 2. The summed E-state index contributed by atoms with van der Waals surface area (Å²) in [6.45, 7) is 2.80. The number of piperidine rings is 1. The number of benzene rings is 1. The highest BCUT2D eigenvalue weighted by Gasteiger charge is 2.30. The number of carbonyl (C=O) groups excluding carboxylic acids is 1. The van der Waals surface area contributed by atoms with E-state index in [2.05, 4.69) is 12.0 Å². The molecule has 1 aliphatic rings. The summed E-state index contributed by atoms with van der Waals surface area (Å²) in [4.78, 5) is 27.3. The Kier molecular flexibility index (Phi) is 5.16. The number of nitrogens with zero attached hydrogens (tertiary/aromatic N) is 3. The number of rotatable bonds is 4. The molecule has 6 nitrogen and oxygen atoms in total. The van der Waals surface area contributed by atoms with Crippen molar-refractivity contribution in [2.45, 2.75) is 38.6 Å². The minimum atomic E-state index is -0.328. The first-order valence-corrected chi connectivity index (χ1v) is 8.70. The number of ether oxygens (including phenoxy) is 1. The monoisotopic (exact) mass is 341 g/mol. The maximum Gasteiger partial charge on any atom is 0.278 e. The Bertz CT molecular complexity index is 801. The molecule has 0 aliphatic carbocycles. The molecule has 0 N–H and O–H groups in total. The molecule has 1 aromatic carbocycles. The SMILES string of the molecule is CCC1CCCCN1C(=O)c1nn(-c2ccccc2)c(=O)cc1OC. The second-order valence-corrected chi connectivity index (χ2v) is 6.20. The first-order chi connectivity index (χ1) is 12.2. The second kappa shape index (κ2) is 7.51. The van der Waals surface area contributed by atoms with E-state index >= 15 is 0 Å². The highest BCUT2D eigenvalue weighted by molar-refractivity contribution is 5.95. The van der Waals surface area contributed by atoms with Crippen molar-refractivity contribution in [3.8, 4) is 11.4 Å². The van der Waals surface area contributed by atoms with Gasteiger partial charge in [0.15, 0.2) is 11.4 Å². The maximum absolute atomic E-state index is 13.1. The number of carbonyl (C=O) groups is 1. The van der Waals surface area contributed by atoms with Crippen LogP contribution in [0, 0.1) is 0 Å². The van der Waals surface area contributed by atoms with Crippen molar-refractivity contribution in [1.29, 1.82) is 0 Å². The molecule has 1 atom stereocenters. The molecule has 2 aromatic rings. The second-order valence-electron chi connectivity index (χ2n) is 6.20. The van der Waals surface area contributed by atoms with E-state index in [0.717, 1.165) is 25.7 Å². The Labute approximate surface area is 147 Å². The summed E-state index contributed by atoms with van der Waals surface area (Å²) in [5.41, 5.74) is 0.478. The quantitative estimate of drug-likeness (QED) is 0.857. The van der Waals surface area contributed by atoms with E-state index in [9.17, 15) is 9.59 Å². The number of hydrogen-bond donors (Lipinski definition) is 0. The molecule has 0 saturated carbocycles. The van der Waals surface area contributed by atoms with Crippen molar-refractivity contribution >= 4 is 5.91 Å². The van der Waals surface area contributed by atoms with Crippen LogP contribution in [-0.2, 0) is 0 Å². The minimum Gasteiger partial charge on any atom is -0.494 e. The molecule has 0 radical (unpaired) electrons. The molecule has 1 saturated heterocycles. The van der Waals surface area contributed by atoms with Crippen LogP contribution in [0.3, 0.4) is 0 Å². The van der Waals surface area contributed by atoms with Gasteiger partial charge in [0, 0.05) is 12.6 Å². The fourth-order valence-corrected chi connectivity index (χ4v) is 3.33. The van der Waals surface area contributed by atoms with Crippen molar-refractivity contribution in [3.05, 3.63) is 52.4 Å². The van der Waals surface area contributed by atoms with Crippen molar-refractivity contribution in [3.63, 3.8) is 0 Å². The Morgan fingerprint density at radius 3 is 2.72 bits per heavy atom. The standard InChI is InChI=1S/C19H23N3O3/c1-3-14-9-7-8-12-21(14)19(24)18-16(25-2)13-17(23)22(20-18)15-10-5-4-6-11-15/h4-6,10-11,13-14H,3,7-9,12H2,1-2H3. The summed E-state index contributed by atoms with van der Waals surface area (Å²) >= 11 is 0. The molecule has 1 amide bonds. The molecule has 25 heavy (non-hydrogen) atoms. The zero-order chi connectivity index (χ0) is 17.8. The molecular formula is C19H23N3O3. The third kappa shape index (κ3) is 3.43. The van der Waals surface area contributed by atoms with Gasteiger partial charge in [-0.15, -0.1) is 0 Å². The first-order valence-electron chi connectivity index (χ1n) is 8.70. The highest BCUT2D eigenvalue weighted by atomic mass is 16.5. The lowest BCUT2D eigenvalue weighted by atomic mass is 9.99. The van der Waals surface area contributed by atoms with Crippen LogP contribution >= 0.6 is 0 Å². The largest absolute Gasteiger partial charge is 0.494 e. The summed E-state index contributed by atoms with van der Waals surface area (Å²) in [7, 11) is 1.45. The van der Waals surface area contributed by atoms with E-state index in [0.29, 0.717) is 12.2 Å². The Hall–Kier alpha value is -2.63. The zero-order valence-electron chi connectivity index (χ0n) is 14.6. The molecule has 3 rings (SSSR count). The average Bonchev–Trinajstić information content (AvgIpc) is 2.67. The summed E-state index contributed by atoms with van der Waals surface area (Å²) in [6.07, 6.45) is 4.04. The van der Waals surface area contributed by atoms with Gasteiger partial charge in [0.1, 0.15) is 0 Å². The van der Waals surface area contributed by atoms with Gasteiger partial charge in [-0.2, -0.15) is 9.78 Å². The number of hydrogen-bond acceptors (Lipinski definition) is 4. The van der Waals surface area contributed by atoms with Crippen LogP contribution in [0.15, 0.2) is 41.2 Å². The van der Waals surface area contributed by atoms with E-state index < -0.39 is 0 Å². The summed E-state index contributed by atoms with van der Waals surface area (Å²) in [5.74, 6) is 0.0516. The molecule has 0 spiro atoms. The lowest BCUT2D eigenvalue weighted by Gasteiger charge is -2.35. The Balaban J connectivity index is 2.05. The predicted molar refractivity (Wildman–Crippen MR) is 95.4 cm³/mol. The van der Waals surface area contributed by atoms with Crippen LogP contribution in [0.25, 0.3) is 5.69 Å². The normalized spacial score (nSPS) is 17.4. The number of likely N-dealkylation sites (tertiary alicyclic amines) is 1. The van der Waals surface area contributed by atoms with E-state index in [4.69, 9.17) is 4.74 Å². The third-order valence-corrected chi connectivity index (χ3v) is 4.68. The van der Waals surface area contributed by atoms with Gasteiger partial charge in [0.25, 0.3) is 11.5 Å². The Morgan fingerprint density at radius 2 is 2.04 bits per heavy atom. The van der Waals surface area contributed by atoms with Gasteiger partial charge in [-0.1, -0.05) is 25.1 Å². The first kappa shape index (κ1) is 17.2. The average molecular weight is 341 g/mol. The molecule has 1 fully saturated rings. The maximum atomic E-state index is 13.1. The smallest absolute Gasteiger partial charge is 0.278 e. The molecule has 2 heterocycles. The molecule has 1 aromatic heterocycles. The topological polar surface area (TPSA) is 64.4 Å². The number of amides is 1. The predicted octanol–water partition coefficient (Wildman–Crippen LogP) is 2.65. The Morgan fingerprint density at radius 1 is 1.28 bits per heavy atom. The van der Waals surface area contributed by atoms with Gasteiger partial charge in [0.05, 0.1) is 18.9 Å². The molecule has 132 valence electrons. The van der Waals surface area contributed by atoms with Gasteiger partial charge in [0.2, 0.25) is 0 Å². The van der Waals surface area contributed by atoms with Gasteiger partial charge >= 0.3 is 0 Å². The fourth-order valence-electron chi connectivity index (χ4n) is 3.33. The van der Waals surface area contributed by atoms with Crippen molar-refractivity contribution in [2.75, 3.05) is 13.7 Å². The van der Waals surface area contributed by atoms with Crippen LogP contribution in [0.5, 0.6) is 5.75 Å². The number of methoxy groups -OCH3 is 1. The fraction of sp³-hybridized carbons (Fsp3) is 0.421. The molecule has 1 unspecified atom stereocenters. The van der Waals surface area contributed by atoms with E-state index in [-0.39, 0.29) is 29.0 Å². The van der Waals surface area contributed by atoms with Crippen molar-refractivity contribution < 1.29 is 9.53 Å². The molecular weight excluding hydrogens is 318 g/mol. The number of para-hydroxylation sites is 1. The van der Waals surface area contributed by atoms with Crippen LogP contribution < -0.4 is 10.3 Å².